The molecule has 0 heterocycles. The Morgan fingerprint density at radius 1 is 1.33 bits per heavy atom. The number of ketones is 1. The summed E-state index contributed by atoms with van der Waals surface area (Å²) in [6.07, 6.45) is 5.03. The van der Waals surface area contributed by atoms with Crippen LogP contribution in [-0.2, 0) is 4.79 Å². The van der Waals surface area contributed by atoms with E-state index in [0.29, 0.717) is 18.8 Å². The van der Waals surface area contributed by atoms with Crippen molar-refractivity contribution < 1.29 is 9.90 Å². The SMILES string of the molecule is CC1CCCCCC(=O)C(O)C1. The minimum Gasteiger partial charge on any atom is -0.385 e. The Kier molecular flexibility index (Phi) is 3.73. The Balaban J connectivity index is 2.46. The van der Waals surface area contributed by atoms with Gasteiger partial charge in [-0.15, -0.1) is 0 Å². The molecule has 2 heteroatoms. The van der Waals surface area contributed by atoms with Gasteiger partial charge in [-0.05, 0) is 18.8 Å². The van der Waals surface area contributed by atoms with E-state index >= 15 is 0 Å². The second kappa shape index (κ2) is 4.61. The molecule has 70 valence electrons. The van der Waals surface area contributed by atoms with Crippen LogP contribution in [-0.4, -0.2) is 17.0 Å². The fraction of sp³-hybridized carbons (Fsp3) is 0.900. The molecular weight excluding hydrogens is 152 g/mol. The van der Waals surface area contributed by atoms with Crippen LogP contribution in [0.3, 0.4) is 0 Å². The maximum absolute atomic E-state index is 11.2. The van der Waals surface area contributed by atoms with E-state index in [1.807, 2.05) is 0 Å². The van der Waals surface area contributed by atoms with E-state index in [4.69, 9.17) is 0 Å². The fourth-order valence-electron chi connectivity index (χ4n) is 1.77. The Morgan fingerprint density at radius 3 is 2.83 bits per heavy atom. The van der Waals surface area contributed by atoms with Gasteiger partial charge in [0.1, 0.15) is 6.10 Å². The molecule has 2 nitrogen and oxygen atoms in total. The summed E-state index contributed by atoms with van der Waals surface area (Å²) >= 11 is 0. The number of carbonyl (C=O) groups excluding carboxylic acids is 1. The molecule has 1 fully saturated rings. The molecule has 1 N–H and O–H groups in total. The number of rotatable bonds is 0. The number of Topliss-reactive ketones (excluding diaryl/α,β-unsaturated/α-hetero) is 1. The van der Waals surface area contributed by atoms with Crippen molar-refractivity contribution in [1.82, 2.24) is 0 Å². The molecule has 0 aromatic heterocycles. The molecule has 0 amide bonds. The van der Waals surface area contributed by atoms with Crippen LogP contribution >= 0.6 is 0 Å². The summed E-state index contributed by atoms with van der Waals surface area (Å²) in [4.78, 5) is 11.2. The van der Waals surface area contributed by atoms with Gasteiger partial charge in [-0.3, -0.25) is 4.79 Å². The van der Waals surface area contributed by atoms with Crippen molar-refractivity contribution in [2.45, 2.75) is 51.6 Å². The van der Waals surface area contributed by atoms with E-state index in [2.05, 4.69) is 6.92 Å². The second-order valence-corrected chi connectivity index (χ2v) is 3.92. The molecule has 0 aromatic carbocycles. The van der Waals surface area contributed by atoms with Crippen LogP contribution in [0.15, 0.2) is 0 Å². The average Bonchev–Trinajstić information content (AvgIpc) is 2.07. The Hall–Kier alpha value is -0.370. The van der Waals surface area contributed by atoms with E-state index < -0.39 is 6.10 Å². The van der Waals surface area contributed by atoms with Crippen molar-refractivity contribution in [3.63, 3.8) is 0 Å². The first kappa shape index (κ1) is 9.72. The highest BCUT2D eigenvalue weighted by molar-refractivity contribution is 5.82. The molecule has 12 heavy (non-hydrogen) atoms. The molecule has 0 bridgehead atoms. The van der Waals surface area contributed by atoms with Gasteiger partial charge >= 0.3 is 0 Å². The molecule has 1 aliphatic carbocycles. The Labute approximate surface area is 74.0 Å². The molecule has 1 saturated carbocycles. The lowest BCUT2D eigenvalue weighted by Gasteiger charge is -2.12. The summed E-state index contributed by atoms with van der Waals surface area (Å²) in [6.45, 7) is 2.11. The first-order chi connectivity index (χ1) is 5.70. The number of aliphatic hydroxyl groups is 1. The summed E-state index contributed by atoms with van der Waals surface area (Å²) in [5.41, 5.74) is 0. The minimum atomic E-state index is -0.682. The Morgan fingerprint density at radius 2 is 2.08 bits per heavy atom. The fourth-order valence-corrected chi connectivity index (χ4v) is 1.77. The van der Waals surface area contributed by atoms with Crippen molar-refractivity contribution in [2.75, 3.05) is 0 Å². The topological polar surface area (TPSA) is 37.3 Å². The first-order valence-electron chi connectivity index (χ1n) is 4.91. The van der Waals surface area contributed by atoms with Crippen molar-refractivity contribution in [1.29, 1.82) is 0 Å². The van der Waals surface area contributed by atoms with Crippen LogP contribution in [0.2, 0.25) is 0 Å². The van der Waals surface area contributed by atoms with Crippen LogP contribution in [0.25, 0.3) is 0 Å². The summed E-state index contributed by atoms with van der Waals surface area (Å²) in [5.74, 6) is 0.547. The van der Waals surface area contributed by atoms with E-state index in [1.54, 1.807) is 0 Å². The largest absolute Gasteiger partial charge is 0.385 e. The molecule has 1 rings (SSSR count). The maximum atomic E-state index is 11.2. The van der Waals surface area contributed by atoms with Gasteiger partial charge in [-0.1, -0.05) is 26.2 Å². The summed E-state index contributed by atoms with van der Waals surface area (Å²) in [5, 5.41) is 9.43. The van der Waals surface area contributed by atoms with Crippen LogP contribution in [0, 0.1) is 5.92 Å². The maximum Gasteiger partial charge on any atom is 0.161 e. The van der Waals surface area contributed by atoms with Crippen LogP contribution < -0.4 is 0 Å². The van der Waals surface area contributed by atoms with Gasteiger partial charge in [0.05, 0.1) is 0 Å². The van der Waals surface area contributed by atoms with Gasteiger partial charge < -0.3 is 5.11 Å². The highest BCUT2D eigenvalue weighted by Gasteiger charge is 2.19. The van der Waals surface area contributed by atoms with Gasteiger partial charge in [0.25, 0.3) is 0 Å². The average molecular weight is 170 g/mol. The molecule has 2 atom stereocenters. The third-order valence-corrected chi connectivity index (χ3v) is 2.62. The van der Waals surface area contributed by atoms with Gasteiger partial charge in [0.2, 0.25) is 0 Å². The van der Waals surface area contributed by atoms with Crippen molar-refractivity contribution >= 4 is 5.78 Å². The normalized spacial score (nSPS) is 33.7. The zero-order chi connectivity index (χ0) is 8.97. The van der Waals surface area contributed by atoms with Crippen molar-refractivity contribution in [3.05, 3.63) is 0 Å². The monoisotopic (exact) mass is 170 g/mol. The predicted octanol–water partition coefficient (Wildman–Crippen LogP) is 1.91. The van der Waals surface area contributed by atoms with E-state index in [0.717, 1.165) is 19.3 Å². The predicted molar refractivity (Wildman–Crippen MR) is 47.9 cm³/mol. The third-order valence-electron chi connectivity index (χ3n) is 2.62. The first-order valence-corrected chi connectivity index (χ1v) is 4.91. The van der Waals surface area contributed by atoms with E-state index in [-0.39, 0.29) is 5.78 Å². The summed E-state index contributed by atoms with van der Waals surface area (Å²) < 4.78 is 0. The number of carbonyl (C=O) groups is 1. The summed E-state index contributed by atoms with van der Waals surface area (Å²) in [7, 11) is 0. The molecule has 0 radical (unpaired) electrons. The second-order valence-electron chi connectivity index (χ2n) is 3.92. The zero-order valence-corrected chi connectivity index (χ0v) is 7.75. The smallest absolute Gasteiger partial charge is 0.161 e. The summed E-state index contributed by atoms with van der Waals surface area (Å²) in [6, 6.07) is 0. The molecular formula is C10H18O2. The third kappa shape index (κ3) is 2.94. The van der Waals surface area contributed by atoms with E-state index in [1.165, 1.54) is 6.42 Å². The van der Waals surface area contributed by atoms with Crippen LogP contribution in [0.1, 0.15) is 45.4 Å². The standard InChI is InChI=1S/C10H18O2/c1-8-5-3-2-4-6-9(11)10(12)7-8/h8,10,12H,2-7H2,1H3. The van der Waals surface area contributed by atoms with Crippen molar-refractivity contribution in [2.24, 2.45) is 5.92 Å². The molecule has 0 aromatic rings. The highest BCUT2D eigenvalue weighted by atomic mass is 16.3. The molecule has 0 aliphatic heterocycles. The lowest BCUT2D eigenvalue weighted by atomic mass is 9.97. The lowest BCUT2D eigenvalue weighted by molar-refractivity contribution is -0.127. The Bertz CT molecular complexity index is 154. The van der Waals surface area contributed by atoms with Gasteiger partial charge in [0, 0.05) is 6.42 Å². The molecule has 2 unspecified atom stereocenters. The number of aliphatic hydroxyl groups excluding tert-OH is 1. The molecule has 0 spiro atoms. The van der Waals surface area contributed by atoms with Crippen molar-refractivity contribution in [3.8, 4) is 0 Å². The van der Waals surface area contributed by atoms with Gasteiger partial charge in [-0.25, -0.2) is 0 Å². The number of hydrogen-bond acceptors (Lipinski definition) is 2. The van der Waals surface area contributed by atoms with Crippen LogP contribution in [0.5, 0.6) is 0 Å². The van der Waals surface area contributed by atoms with E-state index in [9.17, 15) is 9.90 Å². The lowest BCUT2D eigenvalue weighted by Crippen LogP contribution is -2.21. The zero-order valence-electron chi connectivity index (χ0n) is 7.75. The minimum absolute atomic E-state index is 0.0451. The van der Waals surface area contributed by atoms with Gasteiger partial charge in [0.15, 0.2) is 5.78 Å². The molecule has 0 saturated heterocycles. The van der Waals surface area contributed by atoms with Gasteiger partial charge in [-0.2, -0.15) is 0 Å². The van der Waals surface area contributed by atoms with Crippen LogP contribution in [0.4, 0.5) is 0 Å². The molecule has 1 aliphatic rings. The highest BCUT2D eigenvalue weighted by Crippen LogP contribution is 2.19. The number of hydrogen-bond donors (Lipinski definition) is 1. The quantitative estimate of drug-likeness (QED) is 0.603.